The first kappa shape index (κ1) is 13.8. The Morgan fingerprint density at radius 1 is 1.17 bits per heavy atom. The van der Waals surface area contributed by atoms with E-state index >= 15 is 0 Å². The minimum atomic E-state index is 0.104. The summed E-state index contributed by atoms with van der Waals surface area (Å²) in [6, 6.07) is 0.726. The molecule has 0 amide bonds. The summed E-state index contributed by atoms with van der Waals surface area (Å²) in [5.74, 6) is 0. The third-order valence-corrected chi connectivity index (χ3v) is 4.01. The molecule has 1 saturated carbocycles. The fourth-order valence-corrected chi connectivity index (χ4v) is 2.86. The molecule has 0 spiro atoms. The maximum absolute atomic E-state index is 5.77. The zero-order valence-electron chi connectivity index (χ0n) is 11.7. The Kier molecular flexibility index (Phi) is 5.45. The minimum absolute atomic E-state index is 0.104. The Balaban J connectivity index is 1.78. The summed E-state index contributed by atoms with van der Waals surface area (Å²) in [4.78, 5) is 0. The molecule has 2 rings (SSSR count). The van der Waals surface area contributed by atoms with Crippen molar-refractivity contribution in [1.29, 1.82) is 0 Å². The summed E-state index contributed by atoms with van der Waals surface area (Å²) in [6.07, 6.45) is 16.9. The standard InChI is InChI=1S/C16H27NO/c1-2-12-18-14-16(10-6-7-11-16)13-17-15-8-4-3-5-9-15/h6-7,10-11,15,17H,2-5,8-9,12-14H2,1H3. The van der Waals surface area contributed by atoms with E-state index in [9.17, 15) is 0 Å². The maximum Gasteiger partial charge on any atom is 0.0604 e. The molecule has 0 radical (unpaired) electrons. The van der Waals surface area contributed by atoms with Crippen molar-refractivity contribution in [3.8, 4) is 0 Å². The first-order valence-electron chi connectivity index (χ1n) is 7.53. The lowest BCUT2D eigenvalue weighted by atomic mass is 9.89. The predicted molar refractivity (Wildman–Crippen MR) is 76.7 cm³/mol. The molecule has 0 heterocycles. The van der Waals surface area contributed by atoms with Gasteiger partial charge >= 0.3 is 0 Å². The van der Waals surface area contributed by atoms with Gasteiger partial charge in [0.05, 0.1) is 6.61 Å². The molecule has 1 fully saturated rings. The van der Waals surface area contributed by atoms with Gasteiger partial charge in [0.2, 0.25) is 0 Å². The highest BCUT2D eigenvalue weighted by atomic mass is 16.5. The second-order valence-electron chi connectivity index (χ2n) is 5.72. The number of nitrogens with one attached hydrogen (secondary N) is 1. The molecule has 2 nitrogen and oxygen atoms in total. The molecule has 102 valence electrons. The van der Waals surface area contributed by atoms with E-state index in [4.69, 9.17) is 4.74 Å². The van der Waals surface area contributed by atoms with Crippen molar-refractivity contribution >= 4 is 0 Å². The number of rotatable bonds is 7. The van der Waals surface area contributed by atoms with E-state index in [1.807, 2.05) is 0 Å². The van der Waals surface area contributed by atoms with Crippen LogP contribution in [0.15, 0.2) is 24.3 Å². The lowest BCUT2D eigenvalue weighted by Crippen LogP contribution is -2.40. The Morgan fingerprint density at radius 3 is 2.56 bits per heavy atom. The van der Waals surface area contributed by atoms with Gasteiger partial charge in [0.15, 0.2) is 0 Å². The number of hydrogen-bond donors (Lipinski definition) is 1. The van der Waals surface area contributed by atoms with E-state index in [-0.39, 0.29) is 5.41 Å². The quantitative estimate of drug-likeness (QED) is 0.698. The van der Waals surface area contributed by atoms with Crippen LogP contribution in [0.1, 0.15) is 45.4 Å². The zero-order valence-corrected chi connectivity index (χ0v) is 11.7. The van der Waals surface area contributed by atoms with Gasteiger partial charge in [-0.3, -0.25) is 0 Å². The van der Waals surface area contributed by atoms with Gasteiger partial charge in [-0.05, 0) is 19.3 Å². The van der Waals surface area contributed by atoms with Crippen LogP contribution in [0.3, 0.4) is 0 Å². The second-order valence-corrected chi connectivity index (χ2v) is 5.72. The van der Waals surface area contributed by atoms with Crippen LogP contribution in [0.4, 0.5) is 0 Å². The summed E-state index contributed by atoms with van der Waals surface area (Å²) in [5.41, 5.74) is 0.104. The normalized spacial score (nSPS) is 22.7. The van der Waals surface area contributed by atoms with Gasteiger partial charge in [-0.1, -0.05) is 50.5 Å². The highest BCUT2D eigenvalue weighted by molar-refractivity contribution is 5.25. The Bertz CT molecular complexity index is 277. The van der Waals surface area contributed by atoms with Gasteiger partial charge in [0.1, 0.15) is 0 Å². The van der Waals surface area contributed by atoms with Crippen LogP contribution in [-0.4, -0.2) is 25.8 Å². The van der Waals surface area contributed by atoms with Crippen molar-refractivity contribution in [1.82, 2.24) is 5.32 Å². The monoisotopic (exact) mass is 249 g/mol. The summed E-state index contributed by atoms with van der Waals surface area (Å²) in [6.45, 7) is 4.86. The van der Waals surface area contributed by atoms with Crippen LogP contribution in [0, 0.1) is 5.41 Å². The molecule has 0 aromatic heterocycles. The summed E-state index contributed by atoms with van der Waals surface area (Å²) < 4.78 is 5.77. The predicted octanol–water partition coefficient (Wildman–Crippen LogP) is 3.45. The molecule has 0 saturated heterocycles. The molecule has 2 aliphatic rings. The minimum Gasteiger partial charge on any atom is -0.380 e. The van der Waals surface area contributed by atoms with Crippen LogP contribution in [0.5, 0.6) is 0 Å². The van der Waals surface area contributed by atoms with Crippen LogP contribution in [0.25, 0.3) is 0 Å². The molecule has 2 heteroatoms. The van der Waals surface area contributed by atoms with E-state index in [0.29, 0.717) is 0 Å². The SMILES string of the molecule is CCCOCC1(CNC2CCCCC2)C=CC=C1. The topological polar surface area (TPSA) is 21.3 Å². The summed E-state index contributed by atoms with van der Waals surface area (Å²) >= 11 is 0. The molecule has 0 aliphatic heterocycles. The second kappa shape index (κ2) is 7.10. The summed E-state index contributed by atoms with van der Waals surface area (Å²) in [5, 5.41) is 3.75. The molecule has 0 unspecified atom stereocenters. The van der Waals surface area contributed by atoms with Crippen LogP contribution >= 0.6 is 0 Å². The highest BCUT2D eigenvalue weighted by Crippen LogP contribution is 2.27. The third-order valence-electron chi connectivity index (χ3n) is 4.01. The number of ether oxygens (including phenoxy) is 1. The molecule has 0 aromatic carbocycles. The van der Waals surface area contributed by atoms with E-state index in [1.54, 1.807) is 0 Å². The van der Waals surface area contributed by atoms with Crippen LogP contribution in [0.2, 0.25) is 0 Å². The summed E-state index contributed by atoms with van der Waals surface area (Å²) in [7, 11) is 0. The Hall–Kier alpha value is -0.600. The molecule has 0 bridgehead atoms. The Labute approximate surface area is 111 Å². The van der Waals surface area contributed by atoms with E-state index in [2.05, 4.69) is 36.5 Å². The molecular formula is C16H27NO. The molecule has 1 N–H and O–H groups in total. The average molecular weight is 249 g/mol. The molecule has 18 heavy (non-hydrogen) atoms. The number of allylic oxidation sites excluding steroid dienone is 2. The van der Waals surface area contributed by atoms with E-state index in [1.165, 1.54) is 32.1 Å². The molecule has 0 atom stereocenters. The van der Waals surface area contributed by atoms with Gasteiger partial charge in [-0.15, -0.1) is 0 Å². The fraction of sp³-hybridized carbons (Fsp3) is 0.750. The van der Waals surface area contributed by atoms with Crippen molar-refractivity contribution < 1.29 is 4.74 Å². The fourth-order valence-electron chi connectivity index (χ4n) is 2.86. The van der Waals surface area contributed by atoms with Crippen molar-refractivity contribution in [2.75, 3.05) is 19.8 Å². The van der Waals surface area contributed by atoms with Crippen molar-refractivity contribution in [3.63, 3.8) is 0 Å². The molecular weight excluding hydrogens is 222 g/mol. The lowest BCUT2D eigenvalue weighted by Gasteiger charge is -2.30. The van der Waals surface area contributed by atoms with E-state index < -0.39 is 0 Å². The molecule has 0 aromatic rings. The number of hydrogen-bond acceptors (Lipinski definition) is 2. The van der Waals surface area contributed by atoms with Crippen molar-refractivity contribution in [3.05, 3.63) is 24.3 Å². The lowest BCUT2D eigenvalue weighted by molar-refractivity contribution is 0.0865. The van der Waals surface area contributed by atoms with Crippen LogP contribution in [-0.2, 0) is 4.74 Å². The van der Waals surface area contributed by atoms with Crippen molar-refractivity contribution in [2.45, 2.75) is 51.5 Å². The third kappa shape index (κ3) is 3.96. The smallest absolute Gasteiger partial charge is 0.0604 e. The van der Waals surface area contributed by atoms with Gasteiger partial charge in [0, 0.05) is 24.6 Å². The zero-order chi connectivity index (χ0) is 12.7. The maximum atomic E-state index is 5.77. The first-order chi connectivity index (χ1) is 8.85. The average Bonchev–Trinajstić information content (AvgIpc) is 2.87. The largest absolute Gasteiger partial charge is 0.380 e. The van der Waals surface area contributed by atoms with Gasteiger partial charge in [-0.25, -0.2) is 0 Å². The first-order valence-corrected chi connectivity index (χ1v) is 7.53. The molecule has 2 aliphatic carbocycles. The van der Waals surface area contributed by atoms with Gasteiger partial charge in [0.25, 0.3) is 0 Å². The van der Waals surface area contributed by atoms with Crippen LogP contribution < -0.4 is 5.32 Å². The highest BCUT2D eigenvalue weighted by Gasteiger charge is 2.27. The van der Waals surface area contributed by atoms with Crippen molar-refractivity contribution in [2.24, 2.45) is 5.41 Å². The van der Waals surface area contributed by atoms with Gasteiger partial charge in [-0.2, -0.15) is 0 Å². The van der Waals surface area contributed by atoms with Gasteiger partial charge < -0.3 is 10.1 Å². The Morgan fingerprint density at radius 2 is 1.89 bits per heavy atom. The van der Waals surface area contributed by atoms with E-state index in [0.717, 1.165) is 32.2 Å².